The quantitative estimate of drug-likeness (QED) is 0.813. The van der Waals surface area contributed by atoms with Crippen LogP contribution in [-0.4, -0.2) is 4.57 Å². The molecule has 0 amide bonds. The summed E-state index contributed by atoms with van der Waals surface area (Å²) in [7, 11) is 2.17. The van der Waals surface area contributed by atoms with E-state index in [4.69, 9.17) is 5.73 Å². The fourth-order valence-electron chi connectivity index (χ4n) is 3.25. The predicted molar refractivity (Wildman–Crippen MR) is 76.9 cm³/mol. The molecule has 0 saturated heterocycles. The van der Waals surface area contributed by atoms with E-state index in [2.05, 4.69) is 43.7 Å². The highest BCUT2D eigenvalue weighted by Crippen LogP contribution is 2.37. The van der Waals surface area contributed by atoms with Crippen molar-refractivity contribution >= 4 is 10.9 Å². The van der Waals surface area contributed by atoms with Gasteiger partial charge in [0, 0.05) is 29.7 Å². The van der Waals surface area contributed by atoms with Gasteiger partial charge in [-0.2, -0.15) is 0 Å². The molecule has 0 spiro atoms. The van der Waals surface area contributed by atoms with Gasteiger partial charge in [0.15, 0.2) is 0 Å². The molecule has 3 rings (SSSR count). The van der Waals surface area contributed by atoms with E-state index in [1.54, 1.807) is 0 Å². The van der Waals surface area contributed by atoms with Crippen LogP contribution in [0.25, 0.3) is 10.9 Å². The van der Waals surface area contributed by atoms with Crippen LogP contribution in [0, 0.1) is 0 Å². The summed E-state index contributed by atoms with van der Waals surface area (Å²) in [5.41, 5.74) is 11.9. The zero-order valence-corrected chi connectivity index (χ0v) is 11.5. The van der Waals surface area contributed by atoms with E-state index >= 15 is 0 Å². The molecule has 0 saturated carbocycles. The maximum Gasteiger partial charge on any atom is 0.0483 e. The summed E-state index contributed by atoms with van der Waals surface area (Å²) in [6, 6.07) is 7.09. The lowest BCUT2D eigenvalue weighted by Crippen LogP contribution is -2.17. The molecule has 1 atom stereocenters. The molecule has 2 aromatic rings. The molecule has 0 radical (unpaired) electrons. The number of aryl methyl sites for hydroxylation is 1. The van der Waals surface area contributed by atoms with E-state index in [1.807, 2.05) is 0 Å². The lowest BCUT2D eigenvalue weighted by atomic mass is 9.90. The highest BCUT2D eigenvalue weighted by Gasteiger charge is 2.24. The number of fused-ring (bicyclic) bond motifs is 3. The van der Waals surface area contributed by atoms with E-state index < -0.39 is 0 Å². The fourth-order valence-corrected chi connectivity index (χ4v) is 3.25. The number of rotatable bonds is 1. The van der Waals surface area contributed by atoms with Crippen LogP contribution in [0.15, 0.2) is 18.2 Å². The minimum absolute atomic E-state index is 0.222. The van der Waals surface area contributed by atoms with Crippen molar-refractivity contribution in [3.8, 4) is 0 Å². The predicted octanol–water partition coefficient (Wildman–Crippen LogP) is 3.64. The van der Waals surface area contributed by atoms with Gasteiger partial charge in [-0.05, 0) is 48.4 Å². The number of hydrogen-bond donors (Lipinski definition) is 1. The van der Waals surface area contributed by atoms with Gasteiger partial charge in [-0.25, -0.2) is 0 Å². The summed E-state index contributed by atoms with van der Waals surface area (Å²) in [5.74, 6) is 0.574. The molecule has 96 valence electrons. The molecule has 1 aliphatic carbocycles. The zero-order chi connectivity index (χ0) is 12.9. The number of benzene rings is 1. The Bertz CT molecular complexity index is 593. The molecule has 1 heterocycles. The smallest absolute Gasteiger partial charge is 0.0483 e. The minimum Gasteiger partial charge on any atom is -0.347 e. The van der Waals surface area contributed by atoms with E-state index in [9.17, 15) is 0 Å². The second-order valence-corrected chi connectivity index (χ2v) is 5.85. The Hall–Kier alpha value is -1.28. The van der Waals surface area contributed by atoms with Gasteiger partial charge in [-0.3, -0.25) is 0 Å². The van der Waals surface area contributed by atoms with Crippen molar-refractivity contribution < 1.29 is 0 Å². The Morgan fingerprint density at radius 3 is 2.83 bits per heavy atom. The zero-order valence-electron chi connectivity index (χ0n) is 11.5. The first-order valence-corrected chi connectivity index (χ1v) is 6.96. The molecule has 1 aromatic heterocycles. The summed E-state index contributed by atoms with van der Waals surface area (Å²) < 4.78 is 2.34. The molecule has 2 N–H and O–H groups in total. The Morgan fingerprint density at radius 1 is 1.33 bits per heavy atom. The Morgan fingerprint density at radius 2 is 2.11 bits per heavy atom. The minimum atomic E-state index is 0.222. The molecule has 1 aliphatic rings. The molecule has 2 heteroatoms. The second-order valence-electron chi connectivity index (χ2n) is 5.85. The standard InChI is InChI=1S/C16H22N2/c1-10(2)11-7-8-14-12(9-11)16-13(17)5-4-6-15(16)18(14)3/h7-10,13H,4-6,17H2,1-3H3. The van der Waals surface area contributed by atoms with Gasteiger partial charge in [-0.15, -0.1) is 0 Å². The van der Waals surface area contributed by atoms with E-state index in [0.717, 1.165) is 6.42 Å². The lowest BCUT2D eigenvalue weighted by molar-refractivity contribution is 0.557. The van der Waals surface area contributed by atoms with E-state index in [1.165, 1.54) is 40.6 Å². The van der Waals surface area contributed by atoms with Crippen LogP contribution in [0.3, 0.4) is 0 Å². The number of nitrogens with zero attached hydrogens (tertiary/aromatic N) is 1. The maximum absolute atomic E-state index is 6.34. The summed E-state index contributed by atoms with van der Waals surface area (Å²) in [5, 5.41) is 1.38. The number of aromatic nitrogens is 1. The van der Waals surface area contributed by atoms with Crippen molar-refractivity contribution in [3.05, 3.63) is 35.0 Å². The lowest BCUT2D eigenvalue weighted by Gasteiger charge is -2.20. The third kappa shape index (κ3) is 1.59. The second kappa shape index (κ2) is 4.13. The van der Waals surface area contributed by atoms with Crippen molar-refractivity contribution in [2.45, 2.75) is 45.1 Å². The molecule has 0 bridgehead atoms. The van der Waals surface area contributed by atoms with Crippen LogP contribution >= 0.6 is 0 Å². The summed E-state index contributed by atoms with van der Waals surface area (Å²) >= 11 is 0. The average Bonchev–Trinajstić information content (AvgIpc) is 2.64. The van der Waals surface area contributed by atoms with Gasteiger partial charge in [0.25, 0.3) is 0 Å². The van der Waals surface area contributed by atoms with Crippen LogP contribution in [0.1, 0.15) is 55.5 Å². The first-order chi connectivity index (χ1) is 8.59. The topological polar surface area (TPSA) is 30.9 Å². The Balaban J connectivity index is 2.31. The Kier molecular flexibility index (Phi) is 2.70. The molecule has 1 unspecified atom stereocenters. The van der Waals surface area contributed by atoms with Gasteiger partial charge < -0.3 is 10.3 Å². The average molecular weight is 242 g/mol. The monoisotopic (exact) mass is 242 g/mol. The van der Waals surface area contributed by atoms with Gasteiger partial charge in [0.05, 0.1) is 0 Å². The fraction of sp³-hybridized carbons (Fsp3) is 0.500. The van der Waals surface area contributed by atoms with Crippen molar-refractivity contribution in [2.75, 3.05) is 0 Å². The molecule has 0 aliphatic heterocycles. The highest BCUT2D eigenvalue weighted by molar-refractivity contribution is 5.87. The van der Waals surface area contributed by atoms with Crippen LogP contribution in [0.5, 0.6) is 0 Å². The molecule has 2 nitrogen and oxygen atoms in total. The van der Waals surface area contributed by atoms with E-state index in [0.29, 0.717) is 5.92 Å². The van der Waals surface area contributed by atoms with Crippen molar-refractivity contribution in [1.82, 2.24) is 4.57 Å². The molecule has 1 aromatic carbocycles. The number of hydrogen-bond acceptors (Lipinski definition) is 1. The van der Waals surface area contributed by atoms with Crippen LogP contribution in [0.4, 0.5) is 0 Å². The molecule has 18 heavy (non-hydrogen) atoms. The molecule has 0 fully saturated rings. The first kappa shape index (κ1) is 11.8. The van der Waals surface area contributed by atoms with Gasteiger partial charge >= 0.3 is 0 Å². The largest absolute Gasteiger partial charge is 0.347 e. The maximum atomic E-state index is 6.34. The number of nitrogens with two attached hydrogens (primary N) is 1. The molecular weight excluding hydrogens is 220 g/mol. The summed E-state index contributed by atoms with van der Waals surface area (Å²) in [4.78, 5) is 0. The van der Waals surface area contributed by atoms with Gasteiger partial charge in [-0.1, -0.05) is 19.9 Å². The summed E-state index contributed by atoms with van der Waals surface area (Å²) in [6.07, 6.45) is 3.51. The third-order valence-electron chi connectivity index (χ3n) is 4.35. The SMILES string of the molecule is CC(C)c1ccc2c(c1)c1c(n2C)CCCC1N. The normalized spacial score (nSPS) is 19.5. The van der Waals surface area contributed by atoms with Crippen molar-refractivity contribution in [2.24, 2.45) is 12.8 Å². The third-order valence-corrected chi connectivity index (χ3v) is 4.35. The highest BCUT2D eigenvalue weighted by atomic mass is 15.0. The molecular formula is C16H22N2. The Labute approximate surface area is 109 Å². The van der Waals surface area contributed by atoms with E-state index in [-0.39, 0.29) is 6.04 Å². The van der Waals surface area contributed by atoms with Crippen LogP contribution in [-0.2, 0) is 13.5 Å². The van der Waals surface area contributed by atoms with Gasteiger partial charge in [0.1, 0.15) is 0 Å². The summed E-state index contributed by atoms with van der Waals surface area (Å²) in [6.45, 7) is 4.49. The van der Waals surface area contributed by atoms with Crippen LogP contribution in [0.2, 0.25) is 0 Å². The first-order valence-electron chi connectivity index (χ1n) is 6.96. The van der Waals surface area contributed by atoms with Crippen molar-refractivity contribution in [1.29, 1.82) is 0 Å². The van der Waals surface area contributed by atoms with Gasteiger partial charge in [0.2, 0.25) is 0 Å². The van der Waals surface area contributed by atoms with Crippen molar-refractivity contribution in [3.63, 3.8) is 0 Å². The van der Waals surface area contributed by atoms with Crippen LogP contribution < -0.4 is 5.73 Å².